The van der Waals surface area contributed by atoms with Crippen molar-refractivity contribution in [3.8, 4) is 22.8 Å². The highest BCUT2D eigenvalue weighted by Gasteiger charge is 2.18. The van der Waals surface area contributed by atoms with Crippen molar-refractivity contribution in [2.24, 2.45) is 5.73 Å². The van der Waals surface area contributed by atoms with Crippen LogP contribution in [0.25, 0.3) is 22.2 Å². The lowest BCUT2D eigenvalue weighted by Crippen LogP contribution is -1.99. The van der Waals surface area contributed by atoms with E-state index >= 15 is 0 Å². The van der Waals surface area contributed by atoms with Crippen LogP contribution >= 0.6 is 0 Å². The maximum Gasteiger partial charge on any atom is 0.147 e. The predicted molar refractivity (Wildman–Crippen MR) is 98.8 cm³/mol. The Morgan fingerprint density at radius 3 is 2.64 bits per heavy atom. The van der Waals surface area contributed by atoms with Gasteiger partial charge in [-0.3, -0.25) is 0 Å². The van der Waals surface area contributed by atoms with Gasteiger partial charge in [-0.25, -0.2) is 4.39 Å². The fourth-order valence-corrected chi connectivity index (χ4v) is 3.18. The number of rotatable bonds is 7. The minimum absolute atomic E-state index is 0.259. The number of unbranched alkanes of at least 4 members (excludes halogenated alkanes) is 1. The van der Waals surface area contributed by atoms with Gasteiger partial charge in [-0.2, -0.15) is 0 Å². The number of nitrogens with two attached hydrogens (primary N) is 1. The number of halogens is 1. The molecule has 0 unspecified atom stereocenters. The zero-order chi connectivity index (χ0) is 17.8. The second-order valence-corrected chi connectivity index (χ2v) is 5.95. The van der Waals surface area contributed by atoms with E-state index in [1.807, 2.05) is 24.3 Å². The van der Waals surface area contributed by atoms with Gasteiger partial charge in [-0.1, -0.05) is 12.1 Å². The molecule has 0 bridgehead atoms. The summed E-state index contributed by atoms with van der Waals surface area (Å²) < 4.78 is 25.2. The molecule has 1 aromatic heterocycles. The number of aromatic amines is 1. The zero-order valence-electron chi connectivity index (χ0n) is 14.6. The largest absolute Gasteiger partial charge is 0.497 e. The van der Waals surface area contributed by atoms with Crippen LogP contribution in [0.2, 0.25) is 0 Å². The summed E-state index contributed by atoms with van der Waals surface area (Å²) in [6.45, 7) is 0.647. The molecule has 0 atom stereocenters. The SMILES string of the molecule is COc1ccc(OC)c(-c2[nH]c3c(F)cccc3c2CCCCN)c1. The molecule has 5 heteroatoms. The van der Waals surface area contributed by atoms with Crippen molar-refractivity contribution in [3.63, 3.8) is 0 Å². The average Bonchev–Trinajstić information content (AvgIpc) is 3.01. The van der Waals surface area contributed by atoms with Crippen molar-refractivity contribution < 1.29 is 13.9 Å². The molecular weight excluding hydrogens is 319 g/mol. The van der Waals surface area contributed by atoms with E-state index < -0.39 is 0 Å². The number of aromatic nitrogens is 1. The van der Waals surface area contributed by atoms with Crippen LogP contribution in [0.1, 0.15) is 18.4 Å². The Kier molecular flexibility index (Phi) is 5.24. The maximum atomic E-state index is 14.3. The second kappa shape index (κ2) is 7.57. The molecule has 3 rings (SSSR count). The van der Waals surface area contributed by atoms with E-state index in [0.717, 1.165) is 47.2 Å². The molecule has 0 fully saturated rings. The van der Waals surface area contributed by atoms with Gasteiger partial charge in [-0.15, -0.1) is 0 Å². The van der Waals surface area contributed by atoms with Crippen molar-refractivity contribution in [2.75, 3.05) is 20.8 Å². The third-order valence-electron chi connectivity index (χ3n) is 4.45. The highest BCUT2D eigenvalue weighted by atomic mass is 19.1. The van der Waals surface area contributed by atoms with Gasteiger partial charge < -0.3 is 20.2 Å². The third kappa shape index (κ3) is 3.33. The number of H-pyrrole nitrogens is 1. The van der Waals surface area contributed by atoms with Crippen molar-refractivity contribution in [3.05, 3.63) is 47.8 Å². The van der Waals surface area contributed by atoms with Crippen LogP contribution in [-0.4, -0.2) is 25.7 Å². The molecule has 0 amide bonds. The summed E-state index contributed by atoms with van der Waals surface area (Å²) in [6, 6.07) is 10.8. The Morgan fingerprint density at radius 1 is 1.08 bits per heavy atom. The summed E-state index contributed by atoms with van der Waals surface area (Å²) in [4.78, 5) is 3.26. The first-order chi connectivity index (χ1) is 12.2. The van der Waals surface area contributed by atoms with E-state index in [1.54, 1.807) is 20.3 Å². The van der Waals surface area contributed by atoms with Gasteiger partial charge in [0.1, 0.15) is 17.3 Å². The zero-order valence-corrected chi connectivity index (χ0v) is 14.6. The van der Waals surface area contributed by atoms with Crippen LogP contribution in [0.3, 0.4) is 0 Å². The van der Waals surface area contributed by atoms with Crippen molar-refractivity contribution in [1.82, 2.24) is 4.98 Å². The molecule has 0 aliphatic rings. The van der Waals surface area contributed by atoms with E-state index in [1.165, 1.54) is 6.07 Å². The van der Waals surface area contributed by atoms with Crippen molar-refractivity contribution in [2.45, 2.75) is 19.3 Å². The number of methoxy groups -OCH3 is 2. The topological polar surface area (TPSA) is 60.3 Å². The van der Waals surface area contributed by atoms with Crippen molar-refractivity contribution in [1.29, 1.82) is 0 Å². The molecule has 4 nitrogen and oxygen atoms in total. The molecule has 0 saturated carbocycles. The van der Waals surface area contributed by atoms with Crippen molar-refractivity contribution >= 4 is 10.9 Å². The molecule has 1 heterocycles. The smallest absolute Gasteiger partial charge is 0.147 e. The van der Waals surface area contributed by atoms with Crippen LogP contribution in [0, 0.1) is 5.82 Å². The van der Waals surface area contributed by atoms with E-state index in [-0.39, 0.29) is 5.82 Å². The van der Waals surface area contributed by atoms with Crippen LogP contribution < -0.4 is 15.2 Å². The monoisotopic (exact) mass is 342 g/mol. The Hall–Kier alpha value is -2.53. The minimum Gasteiger partial charge on any atom is -0.497 e. The second-order valence-electron chi connectivity index (χ2n) is 5.95. The first-order valence-corrected chi connectivity index (χ1v) is 8.41. The highest BCUT2D eigenvalue weighted by Crippen LogP contribution is 2.39. The number of hydrogen-bond acceptors (Lipinski definition) is 3. The summed E-state index contributed by atoms with van der Waals surface area (Å²) in [5.41, 5.74) is 8.96. The lowest BCUT2D eigenvalue weighted by Gasteiger charge is -2.11. The van der Waals surface area contributed by atoms with Gasteiger partial charge in [0.2, 0.25) is 0 Å². The summed E-state index contributed by atoms with van der Waals surface area (Å²) >= 11 is 0. The number of hydrogen-bond donors (Lipinski definition) is 2. The molecule has 0 radical (unpaired) electrons. The molecule has 0 aliphatic heterocycles. The molecule has 0 spiro atoms. The predicted octanol–water partition coefficient (Wildman–Crippen LogP) is 4.27. The van der Waals surface area contributed by atoms with Gasteiger partial charge in [0.25, 0.3) is 0 Å². The molecular formula is C20H23FN2O2. The lowest BCUT2D eigenvalue weighted by atomic mass is 9.99. The number of benzene rings is 2. The molecule has 0 aliphatic carbocycles. The Balaban J connectivity index is 2.21. The molecule has 2 aromatic carbocycles. The summed E-state index contributed by atoms with van der Waals surface area (Å²) in [6.07, 6.45) is 2.69. The first-order valence-electron chi connectivity index (χ1n) is 8.41. The van der Waals surface area contributed by atoms with E-state index in [9.17, 15) is 4.39 Å². The average molecular weight is 342 g/mol. The summed E-state index contributed by atoms with van der Waals surface area (Å²) in [7, 11) is 3.25. The summed E-state index contributed by atoms with van der Waals surface area (Å²) in [5, 5.41) is 0.900. The standard InChI is InChI=1S/C20H23FN2O2/c1-24-13-9-10-18(25-2)16(12-13)19-14(6-3-4-11-22)15-7-5-8-17(21)20(15)23-19/h5,7-10,12,23H,3-4,6,11,22H2,1-2H3. The quantitative estimate of drug-likeness (QED) is 0.630. The van der Waals surface area contributed by atoms with Gasteiger partial charge in [0.05, 0.1) is 25.4 Å². The Bertz CT molecular complexity index is 874. The van der Waals surface area contributed by atoms with Gasteiger partial charge in [-0.05, 0) is 55.6 Å². The molecule has 0 saturated heterocycles. The number of para-hydroxylation sites is 1. The van der Waals surface area contributed by atoms with Crippen LogP contribution in [0.4, 0.5) is 4.39 Å². The van der Waals surface area contributed by atoms with Gasteiger partial charge in [0.15, 0.2) is 0 Å². The molecule has 3 aromatic rings. The van der Waals surface area contributed by atoms with Crippen LogP contribution in [0.5, 0.6) is 11.5 Å². The van der Waals surface area contributed by atoms with Gasteiger partial charge in [0, 0.05) is 10.9 Å². The number of aryl methyl sites for hydroxylation is 1. The van der Waals surface area contributed by atoms with Crippen LogP contribution in [0.15, 0.2) is 36.4 Å². The Labute approximate surface area is 146 Å². The number of nitrogens with one attached hydrogen (secondary N) is 1. The van der Waals surface area contributed by atoms with E-state index in [2.05, 4.69) is 4.98 Å². The maximum absolute atomic E-state index is 14.3. The fourth-order valence-electron chi connectivity index (χ4n) is 3.18. The fraction of sp³-hybridized carbons (Fsp3) is 0.300. The van der Waals surface area contributed by atoms with Gasteiger partial charge >= 0.3 is 0 Å². The number of ether oxygens (including phenoxy) is 2. The van der Waals surface area contributed by atoms with E-state index in [4.69, 9.17) is 15.2 Å². The highest BCUT2D eigenvalue weighted by molar-refractivity contribution is 5.92. The van der Waals surface area contributed by atoms with E-state index in [0.29, 0.717) is 17.8 Å². The first kappa shape index (κ1) is 17.3. The molecule has 132 valence electrons. The molecule has 3 N–H and O–H groups in total. The number of fused-ring (bicyclic) bond motifs is 1. The minimum atomic E-state index is -0.259. The van der Waals surface area contributed by atoms with Crippen LogP contribution in [-0.2, 0) is 6.42 Å². The third-order valence-corrected chi connectivity index (χ3v) is 4.45. The summed E-state index contributed by atoms with van der Waals surface area (Å²) in [5.74, 6) is 1.18. The normalized spacial score (nSPS) is 11.0. The lowest BCUT2D eigenvalue weighted by molar-refractivity contribution is 0.404. The Morgan fingerprint density at radius 2 is 1.92 bits per heavy atom. The molecule has 25 heavy (non-hydrogen) atoms.